The maximum atomic E-state index is 13.5. The number of carbonyl (C=O) groups is 1. The molecule has 0 saturated heterocycles. The van der Waals surface area contributed by atoms with E-state index in [4.69, 9.17) is 14.2 Å². The lowest BCUT2D eigenvalue weighted by molar-refractivity contribution is -0.136. The van der Waals surface area contributed by atoms with Gasteiger partial charge in [0.25, 0.3) is 5.56 Å². The second kappa shape index (κ2) is 9.93. The van der Waals surface area contributed by atoms with Gasteiger partial charge in [-0.1, -0.05) is 53.8 Å². The van der Waals surface area contributed by atoms with E-state index in [9.17, 15) is 9.59 Å². The van der Waals surface area contributed by atoms with E-state index in [1.807, 2.05) is 48.6 Å². The Kier molecular flexibility index (Phi) is 6.79. The molecule has 0 saturated carbocycles. The van der Waals surface area contributed by atoms with Crippen molar-refractivity contribution in [3.8, 4) is 11.5 Å². The Morgan fingerprint density at radius 1 is 1.09 bits per heavy atom. The van der Waals surface area contributed by atoms with E-state index in [-0.39, 0.29) is 5.56 Å². The Morgan fingerprint density at radius 2 is 1.85 bits per heavy atom. The summed E-state index contributed by atoms with van der Waals surface area (Å²) in [5.41, 5.74) is 2.28. The van der Waals surface area contributed by atoms with Crippen LogP contribution >= 0.6 is 11.3 Å². The van der Waals surface area contributed by atoms with Crippen LogP contribution in [-0.4, -0.2) is 31.9 Å². The molecule has 7 nitrogen and oxygen atoms in total. The van der Waals surface area contributed by atoms with Gasteiger partial charge in [0.1, 0.15) is 11.5 Å². The Balaban J connectivity index is 1.88. The highest BCUT2D eigenvalue weighted by atomic mass is 32.1. The molecule has 1 aliphatic rings. The van der Waals surface area contributed by atoms with Crippen molar-refractivity contribution in [2.75, 3.05) is 21.3 Å². The molecule has 0 unspecified atom stereocenters. The molecule has 0 fully saturated rings. The number of nitrogens with zero attached hydrogens (tertiary/aromatic N) is 2. The average molecular weight is 477 g/mol. The SMILES string of the molecule is COC(=O)C1=C(C)N=c2s/c(=C\c3ccc(OC)cc3OC)c(=O)n2[C@@H]1/C=C/c1ccccc1. The number of esters is 1. The normalized spacial score (nSPS) is 15.8. The first-order chi connectivity index (χ1) is 16.5. The van der Waals surface area contributed by atoms with E-state index in [0.717, 1.165) is 11.1 Å². The molecular formula is C26H24N2O5S. The molecule has 174 valence electrons. The summed E-state index contributed by atoms with van der Waals surface area (Å²) in [6.45, 7) is 1.75. The number of ether oxygens (including phenoxy) is 3. The van der Waals surface area contributed by atoms with Crippen molar-refractivity contribution in [2.45, 2.75) is 13.0 Å². The van der Waals surface area contributed by atoms with Gasteiger partial charge in [0.2, 0.25) is 0 Å². The third kappa shape index (κ3) is 4.45. The van der Waals surface area contributed by atoms with Crippen molar-refractivity contribution in [2.24, 2.45) is 4.99 Å². The highest BCUT2D eigenvalue weighted by Gasteiger charge is 2.30. The standard InChI is InChI=1S/C26H24N2O5S/c1-16-23(25(30)33-4)20(13-10-17-8-6-5-7-9-17)28-24(29)22(34-26(28)27-16)14-18-11-12-19(31-2)15-21(18)32-3/h5-15,20H,1-4H3/b13-10+,22-14-/t20-/m1/s1. The van der Waals surface area contributed by atoms with Crippen molar-refractivity contribution in [3.63, 3.8) is 0 Å². The first-order valence-corrected chi connectivity index (χ1v) is 11.3. The van der Waals surface area contributed by atoms with Gasteiger partial charge in [-0.3, -0.25) is 9.36 Å². The minimum atomic E-state index is -0.649. The van der Waals surface area contributed by atoms with E-state index in [2.05, 4.69) is 4.99 Å². The molecule has 0 amide bonds. The molecule has 2 heterocycles. The number of hydrogen-bond acceptors (Lipinski definition) is 7. The molecule has 3 aromatic rings. The molecule has 1 aromatic heterocycles. The number of thiazole rings is 1. The van der Waals surface area contributed by atoms with Gasteiger partial charge in [-0.25, -0.2) is 9.79 Å². The summed E-state index contributed by atoms with van der Waals surface area (Å²) in [5, 5.41) is 0. The summed E-state index contributed by atoms with van der Waals surface area (Å²) < 4.78 is 17.7. The Labute approximate surface area is 200 Å². The number of fused-ring (bicyclic) bond motifs is 1. The summed E-state index contributed by atoms with van der Waals surface area (Å²) in [4.78, 5) is 31.2. The number of allylic oxidation sites excluding steroid dienone is 2. The van der Waals surface area contributed by atoms with Crippen molar-refractivity contribution in [3.05, 3.63) is 96.7 Å². The third-order valence-electron chi connectivity index (χ3n) is 5.47. The van der Waals surface area contributed by atoms with E-state index in [1.54, 1.807) is 39.4 Å². The fraction of sp³-hybridized carbons (Fsp3) is 0.192. The van der Waals surface area contributed by atoms with Crippen LogP contribution in [0.2, 0.25) is 0 Å². The number of rotatable bonds is 6. The molecule has 2 aromatic carbocycles. The van der Waals surface area contributed by atoms with Gasteiger partial charge in [0.05, 0.1) is 43.2 Å². The zero-order chi connectivity index (χ0) is 24.2. The molecule has 8 heteroatoms. The van der Waals surface area contributed by atoms with E-state index in [1.165, 1.54) is 23.0 Å². The lowest BCUT2D eigenvalue weighted by atomic mass is 10.0. The van der Waals surface area contributed by atoms with Crippen molar-refractivity contribution < 1.29 is 19.0 Å². The van der Waals surface area contributed by atoms with Crippen molar-refractivity contribution in [1.29, 1.82) is 0 Å². The molecule has 0 aliphatic carbocycles. The second-order valence-corrected chi connectivity index (χ2v) is 8.50. The summed E-state index contributed by atoms with van der Waals surface area (Å²) in [6.07, 6.45) is 5.47. The van der Waals surface area contributed by atoms with Crippen molar-refractivity contribution >= 4 is 29.5 Å². The van der Waals surface area contributed by atoms with Crippen LogP contribution in [-0.2, 0) is 9.53 Å². The van der Waals surface area contributed by atoms with Crippen LogP contribution in [0.5, 0.6) is 11.5 Å². The first kappa shape index (κ1) is 23.3. The Hall–Kier alpha value is -3.91. The molecule has 0 radical (unpaired) electrons. The second-order valence-electron chi connectivity index (χ2n) is 7.49. The molecular weight excluding hydrogens is 452 g/mol. The fourth-order valence-electron chi connectivity index (χ4n) is 3.76. The molecule has 0 bridgehead atoms. The quantitative estimate of drug-likeness (QED) is 0.511. The van der Waals surface area contributed by atoms with Crippen LogP contribution in [0, 0.1) is 0 Å². The van der Waals surface area contributed by atoms with E-state index in [0.29, 0.717) is 32.1 Å². The average Bonchev–Trinajstić information content (AvgIpc) is 3.17. The summed E-state index contributed by atoms with van der Waals surface area (Å²) in [7, 11) is 4.46. The van der Waals surface area contributed by atoms with Gasteiger partial charge in [0.15, 0.2) is 4.80 Å². The van der Waals surface area contributed by atoms with Gasteiger partial charge in [-0.2, -0.15) is 0 Å². The van der Waals surface area contributed by atoms with Crippen LogP contribution in [0.3, 0.4) is 0 Å². The maximum Gasteiger partial charge on any atom is 0.338 e. The van der Waals surface area contributed by atoms with Gasteiger partial charge >= 0.3 is 5.97 Å². The Bertz CT molecular complexity index is 1470. The maximum absolute atomic E-state index is 13.5. The smallest absolute Gasteiger partial charge is 0.338 e. The highest BCUT2D eigenvalue weighted by Crippen LogP contribution is 2.27. The minimum absolute atomic E-state index is 0.252. The molecule has 1 aliphatic heterocycles. The van der Waals surface area contributed by atoms with Crippen LogP contribution in [0.1, 0.15) is 24.1 Å². The van der Waals surface area contributed by atoms with Gasteiger partial charge in [0, 0.05) is 11.6 Å². The first-order valence-electron chi connectivity index (χ1n) is 10.5. The molecule has 0 spiro atoms. The predicted octanol–water partition coefficient (Wildman–Crippen LogP) is 3.09. The van der Waals surface area contributed by atoms with Crippen LogP contribution in [0.25, 0.3) is 12.2 Å². The number of aromatic nitrogens is 1. The molecule has 4 rings (SSSR count). The zero-order valence-electron chi connectivity index (χ0n) is 19.3. The summed E-state index contributed by atoms with van der Waals surface area (Å²) >= 11 is 1.26. The van der Waals surface area contributed by atoms with Gasteiger partial charge in [-0.15, -0.1) is 0 Å². The zero-order valence-corrected chi connectivity index (χ0v) is 20.1. The number of methoxy groups -OCH3 is 3. The lowest BCUT2D eigenvalue weighted by Gasteiger charge is -2.21. The number of hydrogen-bond donors (Lipinski definition) is 0. The third-order valence-corrected chi connectivity index (χ3v) is 6.45. The summed E-state index contributed by atoms with van der Waals surface area (Å²) in [6, 6.07) is 14.4. The van der Waals surface area contributed by atoms with E-state index >= 15 is 0 Å². The topological polar surface area (TPSA) is 79.1 Å². The Morgan fingerprint density at radius 3 is 2.53 bits per heavy atom. The number of carbonyl (C=O) groups excluding carboxylic acids is 1. The summed E-state index contributed by atoms with van der Waals surface area (Å²) in [5.74, 6) is 0.715. The van der Waals surface area contributed by atoms with Crippen LogP contribution < -0.4 is 24.4 Å². The van der Waals surface area contributed by atoms with Crippen molar-refractivity contribution in [1.82, 2.24) is 4.57 Å². The van der Waals surface area contributed by atoms with E-state index < -0.39 is 12.0 Å². The largest absolute Gasteiger partial charge is 0.497 e. The number of benzene rings is 2. The fourth-order valence-corrected chi connectivity index (χ4v) is 4.81. The molecule has 1 atom stereocenters. The lowest BCUT2D eigenvalue weighted by Crippen LogP contribution is -2.38. The predicted molar refractivity (Wildman–Crippen MR) is 132 cm³/mol. The minimum Gasteiger partial charge on any atom is -0.497 e. The molecule has 34 heavy (non-hydrogen) atoms. The monoisotopic (exact) mass is 476 g/mol. The van der Waals surface area contributed by atoms with Gasteiger partial charge in [-0.05, 0) is 30.7 Å². The van der Waals surface area contributed by atoms with Crippen LogP contribution in [0.4, 0.5) is 0 Å². The van der Waals surface area contributed by atoms with Gasteiger partial charge < -0.3 is 14.2 Å². The highest BCUT2D eigenvalue weighted by molar-refractivity contribution is 7.07. The van der Waals surface area contributed by atoms with Crippen LogP contribution in [0.15, 0.2) is 75.7 Å². The molecule has 0 N–H and O–H groups in total.